The Morgan fingerprint density at radius 1 is 1.18 bits per heavy atom. The van der Waals surface area contributed by atoms with Crippen molar-refractivity contribution in [1.29, 1.82) is 0 Å². The van der Waals surface area contributed by atoms with E-state index in [0.29, 0.717) is 0 Å². The van der Waals surface area contributed by atoms with Crippen LogP contribution in [0.5, 0.6) is 0 Å². The van der Waals surface area contributed by atoms with Crippen molar-refractivity contribution in [3.63, 3.8) is 0 Å². The first-order valence-corrected chi connectivity index (χ1v) is 6.73. The van der Waals surface area contributed by atoms with Crippen LogP contribution in [0.1, 0.15) is 27.2 Å². The number of ether oxygens (including phenoxy) is 2. The third-order valence-corrected chi connectivity index (χ3v) is 2.75. The Morgan fingerprint density at radius 2 is 1.88 bits per heavy atom. The monoisotopic (exact) mass is 244 g/mol. The molecule has 17 heavy (non-hydrogen) atoms. The molecule has 0 amide bonds. The normalized spacial score (nSPS) is 18.5. The van der Waals surface area contributed by atoms with Crippen molar-refractivity contribution in [2.45, 2.75) is 32.8 Å². The molecular formula is C13H28N2O2. The Kier molecular flexibility index (Phi) is 7.04. The van der Waals surface area contributed by atoms with Crippen LogP contribution in [0.15, 0.2) is 0 Å². The number of hydrogen-bond acceptors (Lipinski definition) is 4. The molecule has 0 spiro atoms. The van der Waals surface area contributed by atoms with Crippen LogP contribution in [0.4, 0.5) is 0 Å². The zero-order chi connectivity index (χ0) is 12.6. The van der Waals surface area contributed by atoms with Gasteiger partial charge in [-0.1, -0.05) is 0 Å². The molecule has 0 aromatic carbocycles. The molecule has 0 bridgehead atoms. The molecule has 0 atom stereocenters. The molecule has 1 N–H and O–H groups in total. The summed E-state index contributed by atoms with van der Waals surface area (Å²) in [6.45, 7) is 14.2. The molecule has 4 nitrogen and oxygen atoms in total. The van der Waals surface area contributed by atoms with E-state index in [1.54, 1.807) is 0 Å². The molecule has 1 aliphatic rings. The van der Waals surface area contributed by atoms with Crippen molar-refractivity contribution in [2.24, 2.45) is 0 Å². The van der Waals surface area contributed by atoms with E-state index < -0.39 is 0 Å². The lowest BCUT2D eigenvalue weighted by atomic mass is 10.2. The highest BCUT2D eigenvalue weighted by molar-refractivity contribution is 4.63. The second kappa shape index (κ2) is 8.03. The molecule has 0 radical (unpaired) electrons. The van der Waals surface area contributed by atoms with Crippen LogP contribution in [0.2, 0.25) is 0 Å². The summed E-state index contributed by atoms with van der Waals surface area (Å²) in [5.41, 5.74) is -0.0184. The van der Waals surface area contributed by atoms with Gasteiger partial charge in [0.15, 0.2) is 0 Å². The van der Waals surface area contributed by atoms with E-state index in [1.165, 1.54) is 13.0 Å². The lowest BCUT2D eigenvalue weighted by Crippen LogP contribution is -2.38. The highest BCUT2D eigenvalue weighted by atomic mass is 16.5. The molecule has 0 saturated carbocycles. The van der Waals surface area contributed by atoms with Crippen LogP contribution >= 0.6 is 0 Å². The zero-order valence-corrected chi connectivity index (χ0v) is 11.6. The van der Waals surface area contributed by atoms with Crippen LogP contribution in [0.3, 0.4) is 0 Å². The number of nitrogens with zero attached hydrogens (tertiary/aromatic N) is 1. The van der Waals surface area contributed by atoms with Crippen LogP contribution in [0.25, 0.3) is 0 Å². The van der Waals surface area contributed by atoms with Crippen LogP contribution < -0.4 is 5.32 Å². The molecule has 1 saturated heterocycles. The summed E-state index contributed by atoms with van der Waals surface area (Å²) < 4.78 is 11.0. The Bertz CT molecular complexity index is 186. The zero-order valence-electron chi connectivity index (χ0n) is 11.6. The Hall–Kier alpha value is -0.160. The van der Waals surface area contributed by atoms with Crippen LogP contribution in [0, 0.1) is 0 Å². The van der Waals surface area contributed by atoms with E-state index in [2.05, 4.69) is 31.0 Å². The lowest BCUT2D eigenvalue weighted by Gasteiger charge is -2.26. The molecule has 4 heteroatoms. The molecule has 0 aromatic rings. The predicted octanol–water partition coefficient (Wildman–Crippen LogP) is 1.11. The average Bonchev–Trinajstić information content (AvgIpc) is 2.28. The average molecular weight is 244 g/mol. The maximum atomic E-state index is 5.64. The van der Waals surface area contributed by atoms with Gasteiger partial charge >= 0.3 is 0 Å². The number of rotatable bonds is 7. The van der Waals surface area contributed by atoms with Gasteiger partial charge in [0, 0.05) is 19.6 Å². The molecule has 0 unspecified atom stereocenters. The quantitative estimate of drug-likeness (QED) is 0.680. The van der Waals surface area contributed by atoms with Crippen molar-refractivity contribution < 1.29 is 9.47 Å². The van der Waals surface area contributed by atoms with Crippen LogP contribution in [-0.2, 0) is 9.47 Å². The second-order valence-corrected chi connectivity index (χ2v) is 5.52. The van der Waals surface area contributed by atoms with E-state index >= 15 is 0 Å². The summed E-state index contributed by atoms with van der Waals surface area (Å²) in [4.78, 5) is 2.47. The Balaban J connectivity index is 1.84. The number of nitrogens with one attached hydrogen (secondary N) is 1. The van der Waals surface area contributed by atoms with Crippen molar-refractivity contribution in [2.75, 3.05) is 52.5 Å². The van der Waals surface area contributed by atoms with Gasteiger partial charge in [-0.3, -0.25) is 4.90 Å². The minimum Gasteiger partial charge on any atom is -0.379 e. The highest BCUT2D eigenvalue weighted by Crippen LogP contribution is 2.05. The van der Waals surface area contributed by atoms with Crippen molar-refractivity contribution in [3.8, 4) is 0 Å². The summed E-state index contributed by atoms with van der Waals surface area (Å²) in [7, 11) is 0. The SMILES string of the molecule is CC(C)(C)OCCNCCCN1CCOCC1. The third-order valence-electron chi connectivity index (χ3n) is 2.75. The van der Waals surface area contributed by atoms with E-state index in [0.717, 1.165) is 46.0 Å². The van der Waals surface area contributed by atoms with Crippen molar-refractivity contribution in [1.82, 2.24) is 10.2 Å². The van der Waals surface area contributed by atoms with E-state index in [9.17, 15) is 0 Å². The molecular weight excluding hydrogens is 216 g/mol. The summed E-state index contributed by atoms with van der Waals surface area (Å²) in [6, 6.07) is 0. The van der Waals surface area contributed by atoms with E-state index in [-0.39, 0.29) is 5.60 Å². The van der Waals surface area contributed by atoms with Gasteiger partial charge in [-0.05, 0) is 40.3 Å². The molecule has 102 valence electrons. The standard InChI is InChI=1S/C13H28N2O2/c1-13(2,3)17-10-6-14-5-4-7-15-8-11-16-12-9-15/h14H,4-12H2,1-3H3. The van der Waals surface area contributed by atoms with Gasteiger partial charge < -0.3 is 14.8 Å². The Labute approximate surface area is 106 Å². The van der Waals surface area contributed by atoms with Gasteiger partial charge in [0.1, 0.15) is 0 Å². The summed E-state index contributed by atoms with van der Waals surface area (Å²) in [6.07, 6.45) is 1.20. The summed E-state index contributed by atoms with van der Waals surface area (Å²) >= 11 is 0. The molecule has 1 fully saturated rings. The topological polar surface area (TPSA) is 33.7 Å². The van der Waals surface area contributed by atoms with E-state index in [1.807, 2.05) is 0 Å². The largest absolute Gasteiger partial charge is 0.379 e. The minimum atomic E-state index is -0.0184. The first-order valence-electron chi connectivity index (χ1n) is 6.73. The lowest BCUT2D eigenvalue weighted by molar-refractivity contribution is -0.000896. The summed E-state index contributed by atoms with van der Waals surface area (Å²) in [5.74, 6) is 0. The highest BCUT2D eigenvalue weighted by Gasteiger charge is 2.10. The Morgan fingerprint density at radius 3 is 2.53 bits per heavy atom. The molecule has 1 heterocycles. The van der Waals surface area contributed by atoms with Gasteiger partial charge in [-0.25, -0.2) is 0 Å². The fourth-order valence-corrected chi connectivity index (χ4v) is 1.81. The van der Waals surface area contributed by atoms with Crippen molar-refractivity contribution in [3.05, 3.63) is 0 Å². The van der Waals surface area contributed by atoms with Gasteiger partial charge in [-0.2, -0.15) is 0 Å². The molecule has 1 aliphatic heterocycles. The van der Waals surface area contributed by atoms with E-state index in [4.69, 9.17) is 9.47 Å². The maximum Gasteiger partial charge on any atom is 0.0599 e. The maximum absolute atomic E-state index is 5.64. The fraction of sp³-hybridized carbons (Fsp3) is 1.00. The summed E-state index contributed by atoms with van der Waals surface area (Å²) in [5, 5.41) is 3.41. The van der Waals surface area contributed by atoms with Gasteiger partial charge in [-0.15, -0.1) is 0 Å². The minimum absolute atomic E-state index is 0.0184. The van der Waals surface area contributed by atoms with Gasteiger partial charge in [0.25, 0.3) is 0 Å². The third kappa shape index (κ3) is 8.55. The number of hydrogen-bond donors (Lipinski definition) is 1. The smallest absolute Gasteiger partial charge is 0.0599 e. The van der Waals surface area contributed by atoms with Gasteiger partial charge in [0.05, 0.1) is 25.4 Å². The molecule has 0 aromatic heterocycles. The molecule has 0 aliphatic carbocycles. The fourth-order valence-electron chi connectivity index (χ4n) is 1.81. The predicted molar refractivity (Wildman–Crippen MR) is 70.5 cm³/mol. The first-order chi connectivity index (χ1) is 8.08. The molecule has 1 rings (SSSR count). The second-order valence-electron chi connectivity index (χ2n) is 5.52. The van der Waals surface area contributed by atoms with Crippen LogP contribution in [-0.4, -0.2) is 63.0 Å². The number of morpholine rings is 1. The van der Waals surface area contributed by atoms with Crippen molar-refractivity contribution >= 4 is 0 Å². The first kappa shape index (κ1) is 14.9. The van der Waals surface area contributed by atoms with Gasteiger partial charge in [0.2, 0.25) is 0 Å².